The number of rotatable bonds is 5. The SMILES string of the molecule is COC(=O)CN(C)C(=O)NCC1CCCC1C(=O)O. The van der Waals surface area contributed by atoms with Crippen molar-refractivity contribution in [2.45, 2.75) is 19.3 Å². The van der Waals surface area contributed by atoms with Crippen LogP contribution in [0.15, 0.2) is 0 Å². The zero-order chi connectivity index (χ0) is 14.4. The van der Waals surface area contributed by atoms with E-state index in [0.717, 1.165) is 12.8 Å². The fraction of sp³-hybridized carbons (Fsp3) is 0.750. The van der Waals surface area contributed by atoms with Crippen LogP contribution in [-0.2, 0) is 14.3 Å². The summed E-state index contributed by atoms with van der Waals surface area (Å²) in [5.41, 5.74) is 0. The molecule has 2 N–H and O–H groups in total. The van der Waals surface area contributed by atoms with E-state index in [0.29, 0.717) is 13.0 Å². The quantitative estimate of drug-likeness (QED) is 0.702. The van der Waals surface area contributed by atoms with Crippen molar-refractivity contribution in [3.63, 3.8) is 0 Å². The molecule has 1 aliphatic carbocycles. The number of likely N-dealkylation sites (N-methyl/N-ethyl adjacent to an activating group) is 1. The number of amides is 2. The van der Waals surface area contributed by atoms with Gasteiger partial charge in [0.2, 0.25) is 0 Å². The summed E-state index contributed by atoms with van der Waals surface area (Å²) in [7, 11) is 2.74. The molecule has 108 valence electrons. The van der Waals surface area contributed by atoms with E-state index < -0.39 is 18.0 Å². The van der Waals surface area contributed by atoms with Crippen molar-refractivity contribution < 1.29 is 24.2 Å². The molecular formula is C12H20N2O5. The molecule has 0 radical (unpaired) electrons. The van der Waals surface area contributed by atoms with Gasteiger partial charge < -0.3 is 20.1 Å². The number of carboxylic acid groups (broad SMARTS) is 1. The lowest BCUT2D eigenvalue weighted by molar-refractivity contribution is -0.143. The highest BCUT2D eigenvalue weighted by Gasteiger charge is 2.33. The van der Waals surface area contributed by atoms with Crippen LogP contribution < -0.4 is 5.32 Å². The van der Waals surface area contributed by atoms with E-state index in [1.165, 1.54) is 19.1 Å². The molecule has 7 heteroatoms. The van der Waals surface area contributed by atoms with Gasteiger partial charge in [0, 0.05) is 13.6 Å². The molecule has 0 spiro atoms. The largest absolute Gasteiger partial charge is 0.481 e. The number of nitrogens with zero attached hydrogens (tertiary/aromatic N) is 1. The lowest BCUT2D eigenvalue weighted by Crippen LogP contribution is -2.43. The second-order valence-corrected chi connectivity index (χ2v) is 4.75. The number of carbonyl (C=O) groups excluding carboxylic acids is 2. The highest BCUT2D eigenvalue weighted by molar-refractivity contribution is 5.80. The number of carbonyl (C=O) groups is 3. The molecule has 0 bridgehead atoms. The molecule has 2 amide bonds. The van der Waals surface area contributed by atoms with Crippen molar-refractivity contribution in [1.29, 1.82) is 0 Å². The first-order chi connectivity index (χ1) is 8.95. The second kappa shape index (κ2) is 6.96. The van der Waals surface area contributed by atoms with Gasteiger partial charge in [-0.3, -0.25) is 9.59 Å². The third-order valence-electron chi connectivity index (χ3n) is 3.43. The van der Waals surface area contributed by atoms with Crippen LogP contribution in [0.5, 0.6) is 0 Å². The van der Waals surface area contributed by atoms with Crippen LogP contribution in [0, 0.1) is 11.8 Å². The highest BCUT2D eigenvalue weighted by Crippen LogP contribution is 2.31. The van der Waals surface area contributed by atoms with Crippen LogP contribution in [0.2, 0.25) is 0 Å². The van der Waals surface area contributed by atoms with Gasteiger partial charge in [-0.05, 0) is 18.8 Å². The second-order valence-electron chi connectivity index (χ2n) is 4.75. The summed E-state index contributed by atoms with van der Waals surface area (Å²) in [6, 6.07) is -0.401. The number of carboxylic acids is 1. The standard InChI is InChI=1S/C12H20N2O5/c1-14(7-10(15)19-2)12(18)13-6-8-4-3-5-9(8)11(16)17/h8-9H,3-7H2,1-2H3,(H,13,18)(H,16,17). The first kappa shape index (κ1) is 15.3. The van der Waals surface area contributed by atoms with E-state index in [4.69, 9.17) is 5.11 Å². The summed E-state index contributed by atoms with van der Waals surface area (Å²) in [4.78, 5) is 34.9. The van der Waals surface area contributed by atoms with E-state index in [9.17, 15) is 14.4 Å². The van der Waals surface area contributed by atoms with Crippen LogP contribution >= 0.6 is 0 Å². The smallest absolute Gasteiger partial charge is 0.325 e. The maximum Gasteiger partial charge on any atom is 0.325 e. The Morgan fingerprint density at radius 1 is 1.37 bits per heavy atom. The predicted molar refractivity (Wildman–Crippen MR) is 66.5 cm³/mol. The van der Waals surface area contributed by atoms with Crippen molar-refractivity contribution in [1.82, 2.24) is 10.2 Å². The van der Waals surface area contributed by atoms with Crippen LogP contribution in [0.3, 0.4) is 0 Å². The van der Waals surface area contributed by atoms with Crippen LogP contribution in [0.4, 0.5) is 4.79 Å². The average Bonchev–Trinajstić information content (AvgIpc) is 2.83. The maximum atomic E-state index is 11.7. The van der Waals surface area contributed by atoms with Crippen LogP contribution in [0.25, 0.3) is 0 Å². The van der Waals surface area contributed by atoms with Crippen LogP contribution in [-0.4, -0.2) is 55.2 Å². The number of hydrogen-bond donors (Lipinski definition) is 2. The maximum absolute atomic E-state index is 11.7. The number of methoxy groups -OCH3 is 1. The van der Waals surface area contributed by atoms with Crippen LogP contribution in [0.1, 0.15) is 19.3 Å². The van der Waals surface area contributed by atoms with Gasteiger partial charge in [-0.15, -0.1) is 0 Å². The third-order valence-corrected chi connectivity index (χ3v) is 3.43. The fourth-order valence-corrected chi connectivity index (χ4v) is 2.29. The zero-order valence-electron chi connectivity index (χ0n) is 11.2. The summed E-state index contributed by atoms with van der Waals surface area (Å²) in [6.45, 7) is 0.191. The summed E-state index contributed by atoms with van der Waals surface area (Å²) in [6.07, 6.45) is 2.33. The minimum atomic E-state index is -0.806. The number of nitrogens with one attached hydrogen (secondary N) is 1. The van der Waals surface area contributed by atoms with Crippen molar-refractivity contribution in [2.24, 2.45) is 11.8 Å². The predicted octanol–water partition coefficient (Wildman–Crippen LogP) is 0.302. The Kier molecular flexibility index (Phi) is 5.59. The molecule has 0 aromatic carbocycles. The molecule has 2 atom stereocenters. The summed E-state index contributed by atoms with van der Waals surface area (Å²) in [5, 5.41) is 11.7. The molecule has 1 aliphatic rings. The number of ether oxygens (including phenoxy) is 1. The zero-order valence-corrected chi connectivity index (χ0v) is 11.2. The van der Waals surface area contributed by atoms with E-state index in [1.807, 2.05) is 0 Å². The molecule has 2 unspecified atom stereocenters. The molecular weight excluding hydrogens is 252 g/mol. The van der Waals surface area contributed by atoms with Crippen molar-refractivity contribution >= 4 is 18.0 Å². The van der Waals surface area contributed by atoms with Gasteiger partial charge in [0.05, 0.1) is 13.0 Å². The Hall–Kier alpha value is -1.79. The molecule has 1 rings (SSSR count). The van der Waals surface area contributed by atoms with Gasteiger partial charge in [-0.25, -0.2) is 4.79 Å². The Labute approximate surface area is 111 Å². The molecule has 0 aliphatic heterocycles. The minimum absolute atomic E-state index is 0.0343. The minimum Gasteiger partial charge on any atom is -0.481 e. The van der Waals surface area contributed by atoms with E-state index in [1.54, 1.807) is 0 Å². The lowest BCUT2D eigenvalue weighted by Gasteiger charge is -2.20. The molecule has 0 heterocycles. The van der Waals surface area contributed by atoms with E-state index in [2.05, 4.69) is 10.1 Å². The highest BCUT2D eigenvalue weighted by atomic mass is 16.5. The fourth-order valence-electron chi connectivity index (χ4n) is 2.29. The molecule has 0 saturated heterocycles. The molecule has 1 saturated carbocycles. The number of esters is 1. The molecule has 0 aromatic heterocycles. The molecule has 0 aromatic rings. The average molecular weight is 272 g/mol. The summed E-state index contributed by atoms with van der Waals surface area (Å²) < 4.78 is 4.46. The monoisotopic (exact) mass is 272 g/mol. The first-order valence-electron chi connectivity index (χ1n) is 6.24. The first-order valence-corrected chi connectivity index (χ1v) is 6.24. The Morgan fingerprint density at radius 3 is 2.63 bits per heavy atom. The number of hydrogen-bond acceptors (Lipinski definition) is 4. The van der Waals surface area contributed by atoms with Crippen molar-refractivity contribution in [3.8, 4) is 0 Å². The van der Waals surface area contributed by atoms with Gasteiger partial charge in [-0.2, -0.15) is 0 Å². The van der Waals surface area contributed by atoms with Crippen molar-refractivity contribution in [2.75, 3.05) is 27.2 Å². The lowest BCUT2D eigenvalue weighted by atomic mass is 9.96. The van der Waals surface area contributed by atoms with Gasteiger partial charge in [0.15, 0.2) is 0 Å². The van der Waals surface area contributed by atoms with Gasteiger partial charge in [0.1, 0.15) is 6.54 Å². The third kappa shape index (κ3) is 4.42. The number of aliphatic carboxylic acids is 1. The Morgan fingerprint density at radius 2 is 2.05 bits per heavy atom. The van der Waals surface area contributed by atoms with Gasteiger partial charge in [-0.1, -0.05) is 6.42 Å². The number of urea groups is 1. The van der Waals surface area contributed by atoms with E-state index >= 15 is 0 Å². The summed E-state index contributed by atoms with van der Waals surface area (Å²) in [5.74, 6) is -1.72. The Bertz CT molecular complexity index is 358. The summed E-state index contributed by atoms with van der Waals surface area (Å²) >= 11 is 0. The Balaban J connectivity index is 2.37. The van der Waals surface area contributed by atoms with Gasteiger partial charge in [0.25, 0.3) is 0 Å². The van der Waals surface area contributed by atoms with Crippen molar-refractivity contribution in [3.05, 3.63) is 0 Å². The van der Waals surface area contributed by atoms with E-state index in [-0.39, 0.29) is 18.4 Å². The van der Waals surface area contributed by atoms with Gasteiger partial charge >= 0.3 is 18.0 Å². The molecule has 1 fully saturated rings. The topological polar surface area (TPSA) is 95.9 Å². The molecule has 7 nitrogen and oxygen atoms in total. The normalized spacial score (nSPS) is 21.8. The molecule has 19 heavy (non-hydrogen) atoms.